The van der Waals surface area contributed by atoms with Crippen molar-refractivity contribution < 1.29 is 14.3 Å². The van der Waals surface area contributed by atoms with E-state index in [1.807, 2.05) is 30.3 Å². The number of halogens is 1. The second-order valence-corrected chi connectivity index (χ2v) is 5.84. The molecule has 0 fully saturated rings. The van der Waals surface area contributed by atoms with E-state index in [9.17, 15) is 4.79 Å². The van der Waals surface area contributed by atoms with E-state index in [1.165, 1.54) is 0 Å². The SMILES string of the molecule is COc1ccc(CC(=O)N/N=C/c2ccccc2I)cc1OC. The first-order chi connectivity index (χ1) is 11.1. The molecular formula is C17H17IN2O3. The minimum atomic E-state index is -0.195. The summed E-state index contributed by atoms with van der Waals surface area (Å²) in [5.41, 5.74) is 4.31. The summed E-state index contributed by atoms with van der Waals surface area (Å²) >= 11 is 2.22. The van der Waals surface area contributed by atoms with E-state index in [-0.39, 0.29) is 12.3 Å². The molecule has 0 saturated heterocycles. The number of hydrazone groups is 1. The predicted molar refractivity (Wildman–Crippen MR) is 98.1 cm³/mol. The summed E-state index contributed by atoms with van der Waals surface area (Å²) < 4.78 is 11.5. The lowest BCUT2D eigenvalue weighted by molar-refractivity contribution is -0.120. The van der Waals surface area contributed by atoms with Gasteiger partial charge in [0.1, 0.15) is 0 Å². The van der Waals surface area contributed by atoms with E-state index in [0.717, 1.165) is 14.7 Å². The number of nitrogens with one attached hydrogen (secondary N) is 1. The molecule has 1 N–H and O–H groups in total. The smallest absolute Gasteiger partial charge is 0.244 e. The highest BCUT2D eigenvalue weighted by atomic mass is 127. The molecule has 23 heavy (non-hydrogen) atoms. The Morgan fingerprint density at radius 1 is 1.17 bits per heavy atom. The van der Waals surface area contributed by atoms with Gasteiger partial charge >= 0.3 is 0 Å². The van der Waals surface area contributed by atoms with Gasteiger partial charge in [0.2, 0.25) is 5.91 Å². The normalized spacial score (nSPS) is 10.6. The summed E-state index contributed by atoms with van der Waals surface area (Å²) in [6.07, 6.45) is 1.85. The fourth-order valence-electron chi connectivity index (χ4n) is 1.97. The largest absolute Gasteiger partial charge is 0.493 e. The van der Waals surface area contributed by atoms with Gasteiger partial charge < -0.3 is 9.47 Å². The van der Waals surface area contributed by atoms with Crippen molar-refractivity contribution in [2.45, 2.75) is 6.42 Å². The van der Waals surface area contributed by atoms with Crippen LogP contribution in [0, 0.1) is 3.57 Å². The molecule has 0 unspecified atom stereocenters. The zero-order chi connectivity index (χ0) is 16.7. The highest BCUT2D eigenvalue weighted by Gasteiger charge is 2.07. The first-order valence-corrected chi connectivity index (χ1v) is 7.99. The number of hydrogen-bond donors (Lipinski definition) is 1. The van der Waals surface area contributed by atoms with Gasteiger partial charge in [0.15, 0.2) is 11.5 Å². The number of benzene rings is 2. The van der Waals surface area contributed by atoms with Gasteiger partial charge in [-0.15, -0.1) is 0 Å². The number of methoxy groups -OCH3 is 2. The van der Waals surface area contributed by atoms with Crippen LogP contribution in [0.5, 0.6) is 11.5 Å². The number of rotatable bonds is 6. The van der Waals surface area contributed by atoms with Crippen molar-refractivity contribution in [3.05, 3.63) is 57.2 Å². The van der Waals surface area contributed by atoms with Crippen molar-refractivity contribution in [3.8, 4) is 11.5 Å². The number of hydrogen-bond acceptors (Lipinski definition) is 4. The van der Waals surface area contributed by atoms with Crippen molar-refractivity contribution in [1.82, 2.24) is 5.43 Å². The molecule has 0 radical (unpaired) electrons. The van der Waals surface area contributed by atoms with E-state index < -0.39 is 0 Å². The van der Waals surface area contributed by atoms with Gasteiger partial charge in [-0.3, -0.25) is 4.79 Å². The van der Waals surface area contributed by atoms with Gasteiger partial charge in [0, 0.05) is 9.13 Å². The van der Waals surface area contributed by atoms with E-state index in [2.05, 4.69) is 33.1 Å². The van der Waals surface area contributed by atoms with Crippen LogP contribution in [0.2, 0.25) is 0 Å². The van der Waals surface area contributed by atoms with E-state index in [1.54, 1.807) is 32.6 Å². The molecule has 0 aromatic heterocycles. The molecule has 5 nitrogen and oxygen atoms in total. The van der Waals surface area contributed by atoms with Crippen LogP contribution < -0.4 is 14.9 Å². The van der Waals surface area contributed by atoms with Crippen molar-refractivity contribution in [1.29, 1.82) is 0 Å². The molecule has 0 spiro atoms. The monoisotopic (exact) mass is 424 g/mol. The summed E-state index contributed by atoms with van der Waals surface area (Å²) in [7, 11) is 3.14. The van der Waals surface area contributed by atoms with Gasteiger partial charge in [0.25, 0.3) is 0 Å². The van der Waals surface area contributed by atoms with Crippen LogP contribution >= 0.6 is 22.6 Å². The summed E-state index contributed by atoms with van der Waals surface area (Å²) in [5.74, 6) is 1.04. The molecule has 0 atom stereocenters. The van der Waals surface area contributed by atoms with E-state index in [4.69, 9.17) is 9.47 Å². The Kier molecular flexibility index (Phi) is 6.40. The second-order valence-electron chi connectivity index (χ2n) is 4.68. The lowest BCUT2D eigenvalue weighted by Gasteiger charge is -2.09. The van der Waals surface area contributed by atoms with E-state index in [0.29, 0.717) is 11.5 Å². The lowest BCUT2D eigenvalue weighted by Crippen LogP contribution is -2.19. The Bertz CT molecular complexity index is 717. The summed E-state index contributed by atoms with van der Waals surface area (Å²) in [6.45, 7) is 0. The van der Waals surface area contributed by atoms with Gasteiger partial charge in [-0.1, -0.05) is 24.3 Å². The zero-order valence-corrected chi connectivity index (χ0v) is 15.0. The van der Waals surface area contributed by atoms with Crippen LogP contribution in [-0.2, 0) is 11.2 Å². The Hall–Kier alpha value is -2.09. The van der Waals surface area contributed by atoms with Crippen LogP contribution in [-0.4, -0.2) is 26.3 Å². The molecule has 0 aliphatic rings. The standard InChI is InChI=1S/C17H17IN2O3/c1-22-15-8-7-12(9-16(15)23-2)10-17(21)20-19-11-13-5-3-4-6-14(13)18/h3-9,11H,10H2,1-2H3,(H,20,21)/b19-11+. The number of ether oxygens (including phenoxy) is 2. The van der Waals surface area contributed by atoms with Crippen molar-refractivity contribution >= 4 is 34.7 Å². The molecule has 0 heterocycles. The zero-order valence-electron chi connectivity index (χ0n) is 12.9. The lowest BCUT2D eigenvalue weighted by atomic mass is 10.1. The minimum absolute atomic E-state index is 0.195. The van der Waals surface area contributed by atoms with Crippen LogP contribution in [0.25, 0.3) is 0 Å². The molecule has 2 rings (SSSR count). The third-order valence-electron chi connectivity index (χ3n) is 3.11. The van der Waals surface area contributed by atoms with Crippen molar-refractivity contribution in [2.75, 3.05) is 14.2 Å². The van der Waals surface area contributed by atoms with Crippen LogP contribution in [0.1, 0.15) is 11.1 Å². The average Bonchev–Trinajstić information content (AvgIpc) is 2.56. The Balaban J connectivity index is 1.96. The van der Waals surface area contributed by atoms with Gasteiger partial charge in [0.05, 0.1) is 26.9 Å². The second kappa shape index (κ2) is 8.52. The highest BCUT2D eigenvalue weighted by molar-refractivity contribution is 14.1. The van der Waals surface area contributed by atoms with E-state index >= 15 is 0 Å². The Morgan fingerprint density at radius 2 is 1.91 bits per heavy atom. The Labute approximate surface area is 148 Å². The first kappa shape index (κ1) is 17.3. The van der Waals surface area contributed by atoms with Crippen molar-refractivity contribution in [3.63, 3.8) is 0 Å². The molecule has 1 amide bonds. The summed E-state index contributed by atoms with van der Waals surface area (Å²) in [4.78, 5) is 11.9. The topological polar surface area (TPSA) is 59.9 Å². The van der Waals surface area contributed by atoms with Crippen LogP contribution in [0.3, 0.4) is 0 Å². The molecule has 120 valence electrons. The molecule has 6 heteroatoms. The molecule has 0 bridgehead atoms. The van der Waals surface area contributed by atoms with Gasteiger partial charge in [-0.2, -0.15) is 5.10 Å². The maximum atomic E-state index is 11.9. The number of amides is 1. The summed E-state index contributed by atoms with van der Waals surface area (Å²) in [5, 5.41) is 3.99. The van der Waals surface area contributed by atoms with Crippen molar-refractivity contribution in [2.24, 2.45) is 5.10 Å². The molecule has 0 saturated carbocycles. The molecule has 0 aliphatic carbocycles. The highest BCUT2D eigenvalue weighted by Crippen LogP contribution is 2.27. The maximum Gasteiger partial charge on any atom is 0.244 e. The van der Waals surface area contributed by atoms with Gasteiger partial charge in [-0.05, 0) is 46.4 Å². The average molecular weight is 424 g/mol. The van der Waals surface area contributed by atoms with Gasteiger partial charge in [-0.25, -0.2) is 5.43 Å². The van der Waals surface area contributed by atoms with Crippen LogP contribution in [0.15, 0.2) is 47.6 Å². The predicted octanol–water partition coefficient (Wildman–Crippen LogP) is 3.00. The number of nitrogens with zero attached hydrogens (tertiary/aromatic N) is 1. The number of carbonyl (C=O) groups excluding carboxylic acids is 1. The van der Waals surface area contributed by atoms with Crippen LogP contribution in [0.4, 0.5) is 0 Å². The number of carbonyl (C=O) groups is 1. The molecule has 2 aromatic carbocycles. The summed E-state index contributed by atoms with van der Waals surface area (Å²) in [6, 6.07) is 13.2. The molecule has 2 aromatic rings. The fraction of sp³-hybridized carbons (Fsp3) is 0.176. The maximum absolute atomic E-state index is 11.9. The third kappa shape index (κ3) is 4.95. The fourth-order valence-corrected chi connectivity index (χ4v) is 2.50. The minimum Gasteiger partial charge on any atom is -0.493 e. The molecular weight excluding hydrogens is 407 g/mol. The Morgan fingerprint density at radius 3 is 2.61 bits per heavy atom. The first-order valence-electron chi connectivity index (χ1n) is 6.91. The quantitative estimate of drug-likeness (QED) is 0.441. The molecule has 0 aliphatic heterocycles. The third-order valence-corrected chi connectivity index (χ3v) is 4.09.